The normalized spacial score (nSPS) is 12.9. The van der Waals surface area contributed by atoms with Gasteiger partial charge in [-0.15, -0.1) is 0 Å². The first-order valence-corrected chi connectivity index (χ1v) is 47.3. The molecule has 760 valence electrons. The Kier molecular flexibility index (Phi) is 45.0. The number of rotatable bonds is 56. The number of benzene rings is 8. The van der Waals surface area contributed by atoms with Crippen molar-refractivity contribution >= 4 is 70.9 Å². The molecule has 8 rings (SSSR count). The average Bonchev–Trinajstić information content (AvgIpc) is 0.821. The van der Waals surface area contributed by atoms with E-state index in [9.17, 15) is 40.7 Å². The second-order valence-corrected chi connectivity index (χ2v) is 35.1. The molecule has 0 aromatic heterocycles. The molecule has 29 nitrogen and oxygen atoms in total. The molecular formula is C104H131F8N17O12. The fourth-order valence-corrected chi connectivity index (χ4v) is 16.4. The fourth-order valence-electron chi connectivity index (χ4n) is 16.4. The molecule has 8 atom stereocenters. The summed E-state index contributed by atoms with van der Waals surface area (Å²) >= 11 is 0. The predicted molar refractivity (Wildman–Crippen MR) is 517 cm³/mol. The minimum Gasteiger partial charge on any atom is -0.368 e. The van der Waals surface area contributed by atoms with Crippen molar-refractivity contribution in [2.45, 2.75) is 155 Å². The number of primary amides is 1. The molecule has 0 aliphatic rings. The van der Waals surface area contributed by atoms with Crippen LogP contribution in [0, 0.1) is 46.5 Å². The molecule has 0 spiro atoms. The average molecular weight is 1960 g/mol. The van der Waals surface area contributed by atoms with E-state index in [0.717, 1.165) is 129 Å². The van der Waals surface area contributed by atoms with Crippen LogP contribution >= 0.6 is 0 Å². The second kappa shape index (κ2) is 56.2. The molecule has 37 heteroatoms. The maximum absolute atomic E-state index is 16.0. The first-order valence-electron chi connectivity index (χ1n) is 47.3. The lowest BCUT2D eigenvalue weighted by Crippen LogP contribution is -2.54. The van der Waals surface area contributed by atoms with Crippen LogP contribution in [0.15, 0.2) is 194 Å². The summed E-state index contributed by atoms with van der Waals surface area (Å²) in [5.41, 5.74) is 32.1. The third-order valence-electron chi connectivity index (χ3n) is 25.4. The van der Waals surface area contributed by atoms with Gasteiger partial charge in [0.2, 0.25) is 70.9 Å². The smallest absolute Gasteiger partial charge is 0.243 e. The summed E-state index contributed by atoms with van der Waals surface area (Å²) in [5, 5.41) is 3.09. The van der Waals surface area contributed by atoms with Crippen molar-refractivity contribution in [1.82, 2.24) is 59.2 Å². The Morgan fingerprint density at radius 2 is 0.376 bits per heavy atom. The van der Waals surface area contributed by atoms with Crippen LogP contribution in [-0.2, 0) is 57.5 Å². The number of carbonyl (C=O) groups excluding carboxylic acids is 12. The van der Waals surface area contributed by atoms with E-state index in [1.54, 1.807) is 27.7 Å². The predicted octanol–water partition coefficient (Wildman–Crippen LogP) is 11.3. The number of nitrogens with one attached hydrogen (secondary N) is 1. The van der Waals surface area contributed by atoms with Crippen molar-refractivity contribution in [2.24, 2.45) is 28.7 Å². The number of halogens is 8. The molecule has 12 amide bonds. The standard InChI is InChI=1S/C104H131F8N17O12/c1-69(77-17-33-85(105)34-18-77)122(58-93(117)130)101(138)66-127(74(6)82-27-43-90(110)44-28-82)98(135)59-119(54-14-10-50-114)96(133)63-125(72(4)80-23-39-88(108)40-24-80)103(140)68-129(76(8)84-31-47-92(112)48-32-84)100(137)61-121(56-16-12-52-116)97(134)64-126(73(5)81-25-41-89(109)42-26-81)104(141)67-128(75(7)83-29-45-91(111)46-30-83)99(136)60-120(55-15-11-51-115)95(132)62-124(71(3)79-21-37-87(107)38-22-79)102(139)65-123(94(131)57-118-53-13-9-49-113)70(2)78-19-35-86(106)36-20-78/h17-48,69-76,118H,9-16,49-68,113-116H2,1-8H3,(H2,117,130)/t69-,70-,71-,72-,73-,74-,75-,76-/m0/s1. The number of hydrogen-bond acceptors (Lipinski definition) is 17. The summed E-state index contributed by atoms with van der Waals surface area (Å²) in [6.45, 7) is 3.83. The Hall–Kier alpha value is -13.4. The van der Waals surface area contributed by atoms with Crippen molar-refractivity contribution in [2.75, 3.05) is 131 Å². The molecule has 141 heavy (non-hydrogen) atoms. The van der Waals surface area contributed by atoms with Gasteiger partial charge in [0.15, 0.2) is 0 Å². The van der Waals surface area contributed by atoms with Gasteiger partial charge >= 0.3 is 0 Å². The fraction of sp³-hybridized carbons (Fsp3) is 0.423. The number of nitrogens with two attached hydrogens (primary N) is 5. The zero-order valence-electron chi connectivity index (χ0n) is 81.1. The maximum atomic E-state index is 16.0. The third kappa shape index (κ3) is 34.0. The van der Waals surface area contributed by atoms with E-state index < -0.39 is 238 Å². The van der Waals surface area contributed by atoms with Crippen LogP contribution in [-0.4, -0.2) is 256 Å². The molecule has 8 aromatic rings. The highest BCUT2D eigenvalue weighted by Crippen LogP contribution is 2.33. The summed E-state index contributed by atoms with van der Waals surface area (Å²) in [6, 6.07) is 31.9. The lowest BCUT2D eigenvalue weighted by atomic mass is 10.0. The highest BCUT2D eigenvalue weighted by molar-refractivity contribution is 5.96. The summed E-state index contributed by atoms with van der Waals surface area (Å²) in [7, 11) is 0. The topological polar surface area (TPSA) is 383 Å². The van der Waals surface area contributed by atoms with Crippen molar-refractivity contribution < 1.29 is 92.7 Å². The molecule has 0 aliphatic carbocycles. The van der Waals surface area contributed by atoms with Gasteiger partial charge in [-0.3, -0.25) is 57.5 Å². The molecule has 0 aliphatic heterocycles. The molecule has 0 bridgehead atoms. The molecule has 0 unspecified atom stereocenters. The van der Waals surface area contributed by atoms with Gasteiger partial charge in [0.25, 0.3) is 0 Å². The van der Waals surface area contributed by atoms with Gasteiger partial charge in [-0.1, -0.05) is 97.1 Å². The van der Waals surface area contributed by atoms with Crippen molar-refractivity contribution in [3.63, 3.8) is 0 Å². The Labute approximate surface area is 818 Å². The van der Waals surface area contributed by atoms with Crippen LogP contribution in [0.3, 0.4) is 0 Å². The first-order chi connectivity index (χ1) is 67.2. The van der Waals surface area contributed by atoms with E-state index in [1.165, 1.54) is 147 Å². The lowest BCUT2D eigenvalue weighted by Gasteiger charge is -2.38. The van der Waals surface area contributed by atoms with Crippen LogP contribution in [0.4, 0.5) is 35.1 Å². The number of unbranched alkanes of at least 4 members (excludes halogenated alkanes) is 4. The lowest BCUT2D eigenvalue weighted by molar-refractivity contribution is -0.152. The quantitative estimate of drug-likeness (QED) is 0.0152. The number of amides is 12. The van der Waals surface area contributed by atoms with E-state index in [0.29, 0.717) is 61.0 Å². The minimum absolute atomic E-state index is 0.0835. The Morgan fingerprint density at radius 3 is 0.553 bits per heavy atom. The summed E-state index contributed by atoms with van der Waals surface area (Å²) < 4.78 is 118. The van der Waals surface area contributed by atoms with Crippen LogP contribution < -0.4 is 34.0 Å². The Balaban J connectivity index is 1.15. The van der Waals surface area contributed by atoms with E-state index >= 15 is 51.9 Å². The molecule has 0 saturated heterocycles. The highest BCUT2D eigenvalue weighted by Gasteiger charge is 2.40. The molecule has 0 radical (unpaired) electrons. The Bertz CT molecular complexity index is 5370. The van der Waals surface area contributed by atoms with Gasteiger partial charge in [-0.2, -0.15) is 0 Å². The van der Waals surface area contributed by atoms with E-state index in [1.807, 2.05) is 0 Å². The van der Waals surface area contributed by atoms with Crippen molar-refractivity contribution in [3.8, 4) is 0 Å². The van der Waals surface area contributed by atoms with E-state index in [2.05, 4.69) is 5.32 Å². The number of nitrogens with zero attached hydrogens (tertiary/aromatic N) is 11. The van der Waals surface area contributed by atoms with Crippen LogP contribution in [0.1, 0.15) is 200 Å². The monoisotopic (exact) mass is 1960 g/mol. The minimum atomic E-state index is -1.19. The number of carbonyl (C=O) groups is 12. The van der Waals surface area contributed by atoms with Crippen molar-refractivity contribution in [1.29, 1.82) is 0 Å². The Morgan fingerprint density at radius 1 is 0.220 bits per heavy atom. The highest BCUT2D eigenvalue weighted by atomic mass is 19.2. The molecule has 8 aromatic carbocycles. The summed E-state index contributed by atoms with van der Waals surface area (Å²) in [4.78, 5) is 196. The van der Waals surface area contributed by atoms with E-state index in [-0.39, 0.29) is 93.8 Å². The van der Waals surface area contributed by atoms with E-state index in [4.69, 9.17) is 28.7 Å². The zero-order chi connectivity index (χ0) is 103. The first kappa shape index (κ1) is 113. The van der Waals surface area contributed by atoms with Crippen LogP contribution in [0.5, 0.6) is 0 Å². The van der Waals surface area contributed by atoms with Gasteiger partial charge in [-0.25, -0.2) is 35.1 Å². The molecule has 0 heterocycles. The molecule has 11 N–H and O–H groups in total. The molecule has 0 saturated carbocycles. The van der Waals surface area contributed by atoms with Gasteiger partial charge in [-0.05, 0) is 281 Å². The molecular weight excluding hydrogens is 1830 g/mol. The van der Waals surface area contributed by atoms with Gasteiger partial charge < -0.3 is 87.9 Å². The molecule has 0 fully saturated rings. The van der Waals surface area contributed by atoms with Gasteiger partial charge in [0.1, 0.15) is 92.4 Å². The number of hydrogen-bond donors (Lipinski definition) is 6. The van der Waals surface area contributed by atoms with Gasteiger partial charge in [0, 0.05) is 19.6 Å². The zero-order valence-corrected chi connectivity index (χ0v) is 81.1. The summed E-state index contributed by atoms with van der Waals surface area (Å²) in [5.74, 6) is -15.3. The SMILES string of the molecule is C[C@@H](c1ccc(F)cc1)N(CC(N)=O)C(=O)CN(C(=O)CN(CCCCN)C(=O)CN(C(=O)CN(C(=O)CN(CCCCN)C(=O)CN(C(=O)CN(C(=O)CN(CCCCN)C(=O)CN(C(=O)CN(C(=O)CNCCCCN)[C@@H](C)c1ccc(F)cc1)[C@@H](C)c1ccc(F)cc1)[C@@H](C)c1ccc(F)cc1)[C@@H](C)c1ccc(F)cc1)[C@@H](C)c1ccc(F)cc1)[C@@H](C)c1ccc(F)cc1)[C@@H](C)c1ccc(F)cc1. The van der Waals surface area contributed by atoms with Crippen LogP contribution in [0.25, 0.3) is 0 Å². The van der Waals surface area contributed by atoms with Crippen LogP contribution in [0.2, 0.25) is 0 Å². The second-order valence-electron chi connectivity index (χ2n) is 35.1. The largest absolute Gasteiger partial charge is 0.368 e. The van der Waals surface area contributed by atoms with Crippen molar-refractivity contribution in [3.05, 3.63) is 285 Å². The van der Waals surface area contributed by atoms with Gasteiger partial charge in [0.05, 0.1) is 81.1 Å². The third-order valence-corrected chi connectivity index (χ3v) is 25.4. The summed E-state index contributed by atoms with van der Waals surface area (Å²) in [6.07, 6.45) is 2.65. The maximum Gasteiger partial charge on any atom is 0.243 e.